The fraction of sp³-hybridized carbons (Fsp3) is 0.346. The van der Waals surface area contributed by atoms with E-state index < -0.39 is 32.9 Å². The Labute approximate surface area is 210 Å². The zero-order valence-corrected chi connectivity index (χ0v) is 21.5. The molecule has 2 aromatic carbocycles. The SMILES string of the molecule is CC(C)(C)[Si](OC[C@H]1OC(n2cnc3c(N)ncnc32)[C@@H](O)[C@@H]1O)(c1ccccc1)c1ccccc1. The summed E-state index contributed by atoms with van der Waals surface area (Å²) < 4.78 is 14.7. The minimum absolute atomic E-state index is 0.103. The number of anilines is 1. The summed E-state index contributed by atoms with van der Waals surface area (Å²) in [7, 11) is -2.84. The lowest BCUT2D eigenvalue weighted by Crippen LogP contribution is -2.67. The van der Waals surface area contributed by atoms with Gasteiger partial charge >= 0.3 is 0 Å². The molecule has 1 fully saturated rings. The van der Waals surface area contributed by atoms with Gasteiger partial charge in [0.2, 0.25) is 0 Å². The fourth-order valence-electron chi connectivity index (χ4n) is 5.12. The van der Waals surface area contributed by atoms with E-state index in [1.165, 1.54) is 12.7 Å². The highest BCUT2D eigenvalue weighted by Crippen LogP contribution is 2.38. The molecule has 0 aliphatic carbocycles. The van der Waals surface area contributed by atoms with Crippen LogP contribution in [0.1, 0.15) is 27.0 Å². The molecule has 10 heteroatoms. The molecule has 9 nitrogen and oxygen atoms in total. The van der Waals surface area contributed by atoms with E-state index in [9.17, 15) is 10.2 Å². The zero-order chi connectivity index (χ0) is 25.5. The van der Waals surface area contributed by atoms with E-state index in [2.05, 4.69) is 60.0 Å². The van der Waals surface area contributed by atoms with Crippen LogP contribution in [0.3, 0.4) is 0 Å². The highest BCUT2D eigenvalue weighted by molar-refractivity contribution is 6.99. The largest absolute Gasteiger partial charge is 0.405 e. The first kappa shape index (κ1) is 24.5. The van der Waals surface area contributed by atoms with E-state index in [-0.39, 0.29) is 17.5 Å². The third kappa shape index (κ3) is 4.00. The average molecular weight is 506 g/mol. The monoisotopic (exact) mass is 505 g/mol. The van der Waals surface area contributed by atoms with Crippen molar-refractivity contribution in [2.75, 3.05) is 12.3 Å². The van der Waals surface area contributed by atoms with Gasteiger partial charge in [-0.1, -0.05) is 81.4 Å². The first-order valence-corrected chi connectivity index (χ1v) is 13.8. The topological polar surface area (TPSA) is 129 Å². The summed E-state index contributed by atoms with van der Waals surface area (Å²) in [5.41, 5.74) is 6.74. The minimum Gasteiger partial charge on any atom is -0.405 e. The van der Waals surface area contributed by atoms with Gasteiger partial charge in [-0.3, -0.25) is 4.57 Å². The number of hydrogen-bond acceptors (Lipinski definition) is 8. The van der Waals surface area contributed by atoms with Crippen LogP contribution in [0.25, 0.3) is 11.2 Å². The van der Waals surface area contributed by atoms with Crippen molar-refractivity contribution in [2.45, 2.75) is 50.3 Å². The second-order valence-electron chi connectivity index (χ2n) is 10.1. The van der Waals surface area contributed by atoms with Crippen LogP contribution in [0.2, 0.25) is 5.04 Å². The number of fused-ring (bicyclic) bond motifs is 1. The van der Waals surface area contributed by atoms with Gasteiger partial charge in [0, 0.05) is 0 Å². The molecule has 4 N–H and O–H groups in total. The average Bonchev–Trinajstić information content (AvgIpc) is 3.42. The van der Waals surface area contributed by atoms with Crippen molar-refractivity contribution in [1.82, 2.24) is 19.5 Å². The van der Waals surface area contributed by atoms with Crippen LogP contribution in [0.15, 0.2) is 73.3 Å². The Kier molecular flexibility index (Phi) is 6.39. The van der Waals surface area contributed by atoms with Gasteiger partial charge < -0.3 is 25.1 Å². The smallest absolute Gasteiger partial charge is 0.261 e. The summed E-state index contributed by atoms with van der Waals surface area (Å²) in [6.45, 7) is 6.66. The van der Waals surface area contributed by atoms with Crippen molar-refractivity contribution in [3.8, 4) is 0 Å². The standard InChI is InChI=1S/C26H31N5O4Si/c1-26(2,3)36(17-10-6-4-7-11-17,18-12-8-5-9-13-18)34-14-19-21(32)22(33)25(35-19)31-16-30-20-23(27)28-15-29-24(20)31/h4-13,15-16,19,21-22,25,32-33H,14H2,1-3H3,(H2,27,28,29)/t19-,21-,22+,25?/m1/s1. The van der Waals surface area contributed by atoms with E-state index in [0.29, 0.717) is 11.2 Å². The third-order valence-electron chi connectivity index (χ3n) is 6.88. The molecule has 2 aromatic heterocycles. The van der Waals surface area contributed by atoms with E-state index in [4.69, 9.17) is 14.9 Å². The number of aliphatic hydroxyl groups excluding tert-OH is 2. The van der Waals surface area contributed by atoms with E-state index in [1.54, 1.807) is 4.57 Å². The van der Waals surface area contributed by atoms with Crippen LogP contribution in [0.4, 0.5) is 5.82 Å². The quantitative estimate of drug-likeness (QED) is 0.337. The van der Waals surface area contributed by atoms with Gasteiger partial charge in [0.05, 0.1) is 12.9 Å². The van der Waals surface area contributed by atoms with Gasteiger partial charge in [0.15, 0.2) is 17.7 Å². The molecule has 5 rings (SSSR count). The number of benzene rings is 2. The highest BCUT2D eigenvalue weighted by Gasteiger charge is 2.52. The Morgan fingerprint density at radius 2 is 1.56 bits per heavy atom. The molecule has 1 aliphatic rings. The molecule has 1 saturated heterocycles. The van der Waals surface area contributed by atoms with Crippen molar-refractivity contribution >= 4 is 35.7 Å². The van der Waals surface area contributed by atoms with Crippen LogP contribution in [0.5, 0.6) is 0 Å². The molecule has 4 atom stereocenters. The zero-order valence-electron chi connectivity index (χ0n) is 20.5. The van der Waals surface area contributed by atoms with Crippen molar-refractivity contribution in [3.05, 3.63) is 73.3 Å². The lowest BCUT2D eigenvalue weighted by atomic mass is 10.1. The van der Waals surface area contributed by atoms with Crippen LogP contribution in [0, 0.1) is 0 Å². The summed E-state index contributed by atoms with van der Waals surface area (Å²) in [4.78, 5) is 12.5. The summed E-state index contributed by atoms with van der Waals surface area (Å²) in [5.74, 6) is 0.235. The van der Waals surface area contributed by atoms with Gasteiger partial charge in [-0.05, 0) is 15.4 Å². The minimum atomic E-state index is -2.84. The number of imidazole rings is 1. The molecule has 0 spiro atoms. The van der Waals surface area contributed by atoms with Crippen LogP contribution in [-0.4, -0.2) is 63.0 Å². The number of rotatable bonds is 6. The number of ether oxygens (including phenoxy) is 1. The van der Waals surface area contributed by atoms with Crippen molar-refractivity contribution in [1.29, 1.82) is 0 Å². The molecule has 3 heterocycles. The Morgan fingerprint density at radius 3 is 2.14 bits per heavy atom. The van der Waals surface area contributed by atoms with Gasteiger partial charge in [-0.25, -0.2) is 15.0 Å². The molecule has 0 bridgehead atoms. The number of aliphatic hydroxyl groups is 2. The molecule has 0 radical (unpaired) electrons. The second-order valence-corrected chi connectivity index (χ2v) is 14.4. The number of nitrogens with two attached hydrogens (primary N) is 1. The summed E-state index contributed by atoms with van der Waals surface area (Å²) >= 11 is 0. The van der Waals surface area contributed by atoms with E-state index in [0.717, 1.165) is 10.4 Å². The Morgan fingerprint density at radius 1 is 0.944 bits per heavy atom. The number of hydrogen-bond donors (Lipinski definition) is 3. The van der Waals surface area contributed by atoms with Crippen LogP contribution >= 0.6 is 0 Å². The lowest BCUT2D eigenvalue weighted by Gasteiger charge is -2.43. The molecule has 0 amide bonds. The molecular formula is C26H31N5O4Si. The van der Waals surface area contributed by atoms with E-state index in [1.807, 2.05) is 36.4 Å². The maximum Gasteiger partial charge on any atom is 0.261 e. The van der Waals surface area contributed by atoms with Crippen molar-refractivity contribution in [2.24, 2.45) is 0 Å². The second kappa shape index (κ2) is 9.38. The number of nitrogen functional groups attached to an aromatic ring is 1. The van der Waals surface area contributed by atoms with Gasteiger partial charge in [-0.2, -0.15) is 0 Å². The summed E-state index contributed by atoms with van der Waals surface area (Å²) in [6.07, 6.45) is -1.20. The molecule has 36 heavy (non-hydrogen) atoms. The number of aromatic nitrogens is 4. The predicted octanol–water partition coefficient (Wildman–Crippen LogP) is 1.60. The fourth-order valence-corrected chi connectivity index (χ4v) is 9.69. The van der Waals surface area contributed by atoms with Crippen molar-refractivity contribution < 1.29 is 19.4 Å². The van der Waals surface area contributed by atoms with Gasteiger partial charge in [0.1, 0.15) is 30.2 Å². The Bertz CT molecular complexity index is 1290. The van der Waals surface area contributed by atoms with Crippen LogP contribution < -0.4 is 16.1 Å². The van der Waals surface area contributed by atoms with Gasteiger partial charge in [-0.15, -0.1) is 0 Å². The summed E-state index contributed by atoms with van der Waals surface area (Å²) in [5, 5.41) is 23.9. The maximum atomic E-state index is 11.0. The molecule has 4 aromatic rings. The molecular weight excluding hydrogens is 474 g/mol. The highest BCUT2D eigenvalue weighted by atomic mass is 28.4. The first-order chi connectivity index (χ1) is 17.2. The van der Waals surface area contributed by atoms with Crippen molar-refractivity contribution in [3.63, 3.8) is 0 Å². The third-order valence-corrected chi connectivity index (χ3v) is 11.9. The predicted molar refractivity (Wildman–Crippen MR) is 139 cm³/mol. The molecule has 1 unspecified atom stereocenters. The Hall–Kier alpha value is -3.15. The normalized spacial score (nSPS) is 22.8. The molecule has 188 valence electrons. The van der Waals surface area contributed by atoms with E-state index >= 15 is 0 Å². The van der Waals surface area contributed by atoms with Gasteiger partial charge in [0.25, 0.3) is 8.32 Å². The first-order valence-electron chi connectivity index (χ1n) is 11.9. The van der Waals surface area contributed by atoms with Crippen LogP contribution in [-0.2, 0) is 9.16 Å². The Balaban J connectivity index is 1.48. The molecule has 0 saturated carbocycles. The maximum absolute atomic E-state index is 11.0. The lowest BCUT2D eigenvalue weighted by molar-refractivity contribution is -0.0486. The number of nitrogens with zero attached hydrogens (tertiary/aromatic N) is 4. The molecule has 1 aliphatic heterocycles. The summed E-state index contributed by atoms with van der Waals surface area (Å²) in [6, 6.07) is 20.5.